The van der Waals surface area contributed by atoms with Crippen molar-refractivity contribution in [3.63, 3.8) is 0 Å². The second-order valence-electron chi connectivity index (χ2n) is 5.83. The summed E-state index contributed by atoms with van der Waals surface area (Å²) in [4.78, 5) is 4.72. The zero-order chi connectivity index (χ0) is 11.7. The molecule has 0 saturated heterocycles. The number of hydrogen-bond donors (Lipinski definition) is 0. The fraction of sp³-hybridized carbons (Fsp3) is 0.667. The van der Waals surface area contributed by atoms with Crippen LogP contribution < -0.4 is 0 Å². The normalized spacial score (nSPS) is 32.9. The molecule has 0 aromatic carbocycles. The predicted octanol–water partition coefficient (Wildman–Crippen LogP) is 4.21. The van der Waals surface area contributed by atoms with Gasteiger partial charge >= 0.3 is 0 Å². The van der Waals surface area contributed by atoms with Gasteiger partial charge in [0.25, 0.3) is 0 Å². The molecule has 2 heteroatoms. The van der Waals surface area contributed by atoms with Crippen molar-refractivity contribution in [2.24, 2.45) is 17.8 Å². The lowest BCUT2D eigenvalue weighted by molar-refractivity contribution is 0.313. The Kier molecular flexibility index (Phi) is 3.51. The molecule has 4 atom stereocenters. The number of halogens is 1. The first-order valence-electron chi connectivity index (χ1n) is 6.84. The second-order valence-corrected chi connectivity index (χ2v) is 7.12. The third-order valence-electron chi connectivity index (χ3n) is 4.65. The number of pyridine rings is 1. The first-order chi connectivity index (χ1) is 8.31. The largest absolute Gasteiger partial charge is 0.265 e. The number of alkyl halides is 1. The highest BCUT2D eigenvalue weighted by atomic mass is 79.9. The molecule has 92 valence electrons. The van der Waals surface area contributed by atoms with Crippen LogP contribution in [0.5, 0.6) is 0 Å². The summed E-state index contributed by atoms with van der Waals surface area (Å²) in [6, 6.07) is 4.27. The van der Waals surface area contributed by atoms with E-state index in [-0.39, 0.29) is 0 Å². The Bertz CT molecular complexity index is 364. The van der Waals surface area contributed by atoms with Crippen molar-refractivity contribution in [1.29, 1.82) is 0 Å². The van der Waals surface area contributed by atoms with Gasteiger partial charge in [-0.1, -0.05) is 22.4 Å². The van der Waals surface area contributed by atoms with Gasteiger partial charge in [0.2, 0.25) is 0 Å². The summed E-state index contributed by atoms with van der Waals surface area (Å²) >= 11 is 3.88. The first kappa shape index (κ1) is 11.7. The highest BCUT2D eigenvalue weighted by Gasteiger charge is 2.39. The Morgan fingerprint density at radius 2 is 2.06 bits per heavy atom. The molecule has 2 aliphatic carbocycles. The maximum Gasteiger partial charge on any atom is 0.0270 e. The van der Waals surface area contributed by atoms with Crippen LogP contribution in [0.3, 0.4) is 0 Å². The van der Waals surface area contributed by atoms with E-state index < -0.39 is 0 Å². The van der Waals surface area contributed by atoms with E-state index in [9.17, 15) is 0 Å². The van der Waals surface area contributed by atoms with Crippen LogP contribution in [0, 0.1) is 17.8 Å². The monoisotopic (exact) mass is 293 g/mol. The average molecular weight is 294 g/mol. The molecule has 4 unspecified atom stereocenters. The molecule has 1 heterocycles. The van der Waals surface area contributed by atoms with Crippen LogP contribution in [-0.4, -0.2) is 9.81 Å². The summed E-state index contributed by atoms with van der Waals surface area (Å²) in [5.41, 5.74) is 1.41. The molecule has 0 N–H and O–H groups in total. The fourth-order valence-corrected chi connectivity index (χ4v) is 4.71. The van der Waals surface area contributed by atoms with Gasteiger partial charge in [-0.05, 0) is 67.6 Å². The Morgan fingerprint density at radius 3 is 2.71 bits per heavy atom. The maximum atomic E-state index is 4.07. The molecular weight excluding hydrogens is 274 g/mol. The van der Waals surface area contributed by atoms with Crippen molar-refractivity contribution in [2.45, 2.75) is 43.4 Å². The minimum atomic E-state index is 0.647. The molecule has 1 aromatic rings. The summed E-state index contributed by atoms with van der Waals surface area (Å²) in [6.45, 7) is 0. The summed E-state index contributed by atoms with van der Waals surface area (Å²) in [6.07, 6.45) is 12.4. The molecule has 2 saturated carbocycles. The Morgan fingerprint density at radius 1 is 1.24 bits per heavy atom. The Balaban J connectivity index is 1.52. The summed E-state index contributed by atoms with van der Waals surface area (Å²) in [5, 5.41) is 0. The summed E-state index contributed by atoms with van der Waals surface area (Å²) in [5.74, 6) is 3.13. The zero-order valence-electron chi connectivity index (χ0n) is 10.2. The quantitative estimate of drug-likeness (QED) is 0.758. The third kappa shape index (κ3) is 2.73. The molecular formula is C15H20BrN. The highest BCUT2D eigenvalue weighted by molar-refractivity contribution is 9.09. The molecule has 3 rings (SSSR count). The lowest BCUT2D eigenvalue weighted by Crippen LogP contribution is -2.16. The lowest BCUT2D eigenvalue weighted by atomic mass is 9.85. The molecule has 2 aliphatic rings. The topological polar surface area (TPSA) is 12.9 Å². The number of fused-ring (bicyclic) bond motifs is 2. The van der Waals surface area contributed by atoms with Crippen LogP contribution >= 0.6 is 15.9 Å². The summed E-state index contributed by atoms with van der Waals surface area (Å²) < 4.78 is 0. The zero-order valence-corrected chi connectivity index (χ0v) is 11.8. The van der Waals surface area contributed by atoms with Crippen molar-refractivity contribution in [3.05, 3.63) is 30.1 Å². The lowest BCUT2D eigenvalue weighted by Gasteiger charge is -2.24. The van der Waals surface area contributed by atoms with Crippen molar-refractivity contribution < 1.29 is 0 Å². The molecule has 17 heavy (non-hydrogen) atoms. The maximum absolute atomic E-state index is 4.07. The van der Waals surface area contributed by atoms with Gasteiger partial charge in [-0.3, -0.25) is 4.98 Å². The molecule has 2 fully saturated rings. The third-order valence-corrected chi connectivity index (χ3v) is 5.35. The van der Waals surface area contributed by atoms with Crippen molar-refractivity contribution in [3.8, 4) is 0 Å². The van der Waals surface area contributed by atoms with Crippen LogP contribution in [0.4, 0.5) is 0 Å². The van der Waals surface area contributed by atoms with Crippen molar-refractivity contribution >= 4 is 15.9 Å². The predicted molar refractivity (Wildman–Crippen MR) is 74.2 cm³/mol. The molecule has 0 aliphatic heterocycles. The second kappa shape index (κ2) is 5.09. The molecule has 0 amide bonds. The first-order valence-corrected chi connectivity index (χ1v) is 7.76. The van der Waals surface area contributed by atoms with E-state index in [2.05, 4.69) is 33.0 Å². The van der Waals surface area contributed by atoms with Gasteiger partial charge in [-0.15, -0.1) is 0 Å². The number of aromatic nitrogens is 1. The Labute approximate surface area is 112 Å². The minimum Gasteiger partial charge on any atom is -0.265 e. The van der Waals surface area contributed by atoms with E-state index in [1.165, 1.54) is 37.7 Å². The van der Waals surface area contributed by atoms with Gasteiger partial charge < -0.3 is 0 Å². The van der Waals surface area contributed by atoms with Gasteiger partial charge in [0, 0.05) is 17.2 Å². The van der Waals surface area contributed by atoms with Gasteiger partial charge in [0.1, 0.15) is 0 Å². The van der Waals surface area contributed by atoms with Gasteiger partial charge in [0.15, 0.2) is 0 Å². The molecule has 1 nitrogen and oxygen atoms in total. The molecule has 0 radical (unpaired) electrons. The van der Waals surface area contributed by atoms with Crippen LogP contribution in [-0.2, 0) is 6.42 Å². The van der Waals surface area contributed by atoms with Crippen molar-refractivity contribution in [2.75, 3.05) is 0 Å². The minimum absolute atomic E-state index is 0.647. The van der Waals surface area contributed by atoms with Crippen LogP contribution in [0.2, 0.25) is 0 Å². The van der Waals surface area contributed by atoms with E-state index >= 15 is 0 Å². The fourth-order valence-electron chi connectivity index (χ4n) is 3.85. The van der Waals surface area contributed by atoms with Gasteiger partial charge in [-0.2, -0.15) is 0 Å². The van der Waals surface area contributed by atoms with Gasteiger partial charge in [-0.25, -0.2) is 0 Å². The Hall–Kier alpha value is -0.370. The standard InChI is InChI=1S/C15H20BrN/c16-15(9-11-3-5-17-6-4-11)10-14-8-12-1-2-13(14)7-12/h3-6,12-15H,1-2,7-10H2. The highest BCUT2D eigenvalue weighted by Crippen LogP contribution is 2.50. The van der Waals surface area contributed by atoms with E-state index in [1.807, 2.05) is 12.4 Å². The van der Waals surface area contributed by atoms with E-state index in [1.54, 1.807) is 0 Å². The molecule has 2 bridgehead atoms. The van der Waals surface area contributed by atoms with E-state index in [4.69, 9.17) is 0 Å². The average Bonchev–Trinajstić information content (AvgIpc) is 2.92. The smallest absolute Gasteiger partial charge is 0.0270 e. The van der Waals surface area contributed by atoms with Crippen LogP contribution in [0.1, 0.15) is 37.7 Å². The number of nitrogens with zero attached hydrogens (tertiary/aromatic N) is 1. The van der Waals surface area contributed by atoms with Gasteiger partial charge in [0.05, 0.1) is 0 Å². The van der Waals surface area contributed by atoms with E-state index in [0.29, 0.717) is 4.83 Å². The summed E-state index contributed by atoms with van der Waals surface area (Å²) in [7, 11) is 0. The van der Waals surface area contributed by atoms with Crippen molar-refractivity contribution in [1.82, 2.24) is 4.98 Å². The van der Waals surface area contributed by atoms with E-state index in [0.717, 1.165) is 24.2 Å². The number of hydrogen-bond acceptors (Lipinski definition) is 1. The SMILES string of the molecule is BrC(Cc1ccncc1)CC1CC2CCC1C2. The molecule has 0 spiro atoms. The van der Waals surface area contributed by atoms with Crippen LogP contribution in [0.25, 0.3) is 0 Å². The number of rotatable bonds is 4. The molecule has 1 aromatic heterocycles. The van der Waals surface area contributed by atoms with Crippen LogP contribution in [0.15, 0.2) is 24.5 Å².